The number of halogens is 1. The Morgan fingerprint density at radius 2 is 1.61 bits per heavy atom. The minimum atomic E-state index is -3.84. The van der Waals surface area contributed by atoms with Gasteiger partial charge in [0, 0.05) is 19.7 Å². The van der Waals surface area contributed by atoms with E-state index in [4.69, 9.17) is 21.1 Å². The number of nitrogens with zero attached hydrogens (tertiary/aromatic N) is 1. The molecular formula is C19H20ClNO6S. The summed E-state index contributed by atoms with van der Waals surface area (Å²) in [5.74, 6) is -0.635. The number of ketones is 1. The van der Waals surface area contributed by atoms with Crippen molar-refractivity contribution < 1.29 is 27.5 Å². The summed E-state index contributed by atoms with van der Waals surface area (Å²) in [6.45, 7) is 1.44. The smallest absolute Gasteiger partial charge is 0.338 e. The van der Waals surface area contributed by atoms with Gasteiger partial charge in [-0.25, -0.2) is 17.5 Å². The third kappa shape index (κ3) is 4.70. The first-order valence-corrected chi connectivity index (χ1v) is 10.0. The normalized spacial score (nSPS) is 12.5. The van der Waals surface area contributed by atoms with Crippen molar-refractivity contribution in [1.82, 2.24) is 4.31 Å². The molecule has 1 unspecified atom stereocenters. The summed E-state index contributed by atoms with van der Waals surface area (Å²) in [4.78, 5) is 24.6. The van der Waals surface area contributed by atoms with Crippen LogP contribution in [0.15, 0.2) is 47.4 Å². The van der Waals surface area contributed by atoms with Crippen LogP contribution in [0.3, 0.4) is 0 Å². The zero-order valence-corrected chi connectivity index (χ0v) is 17.4. The topological polar surface area (TPSA) is 90.0 Å². The molecule has 0 aromatic heterocycles. The Balaban J connectivity index is 2.21. The lowest BCUT2D eigenvalue weighted by Gasteiger charge is -2.15. The number of carbonyl (C=O) groups is 2. The molecule has 0 bridgehead atoms. The summed E-state index contributed by atoms with van der Waals surface area (Å²) in [5.41, 5.74) is 0.326. The van der Waals surface area contributed by atoms with Crippen LogP contribution < -0.4 is 4.74 Å². The van der Waals surface area contributed by atoms with Crippen LogP contribution in [-0.2, 0) is 14.8 Å². The molecule has 0 fully saturated rings. The number of methoxy groups -OCH3 is 1. The third-order valence-electron chi connectivity index (χ3n) is 3.95. The minimum Gasteiger partial charge on any atom is -0.497 e. The van der Waals surface area contributed by atoms with E-state index in [0.29, 0.717) is 11.3 Å². The first-order chi connectivity index (χ1) is 13.1. The lowest BCUT2D eigenvalue weighted by Crippen LogP contribution is -2.25. The zero-order valence-electron chi connectivity index (χ0n) is 15.8. The molecule has 0 saturated carbocycles. The van der Waals surface area contributed by atoms with Gasteiger partial charge in [-0.1, -0.05) is 11.6 Å². The molecule has 2 aromatic carbocycles. The number of benzene rings is 2. The van der Waals surface area contributed by atoms with Crippen molar-refractivity contribution in [2.45, 2.75) is 17.9 Å². The maximum atomic E-state index is 12.4. The van der Waals surface area contributed by atoms with Crippen LogP contribution in [0.2, 0.25) is 5.02 Å². The first kappa shape index (κ1) is 21.9. The van der Waals surface area contributed by atoms with Crippen molar-refractivity contribution in [2.75, 3.05) is 21.2 Å². The molecule has 9 heteroatoms. The van der Waals surface area contributed by atoms with E-state index >= 15 is 0 Å². The van der Waals surface area contributed by atoms with Crippen molar-refractivity contribution in [3.63, 3.8) is 0 Å². The summed E-state index contributed by atoms with van der Waals surface area (Å²) in [5, 5.41) is -0.0207. The number of ether oxygens (including phenoxy) is 2. The first-order valence-electron chi connectivity index (χ1n) is 8.19. The second-order valence-corrected chi connectivity index (χ2v) is 8.60. The fourth-order valence-corrected chi connectivity index (χ4v) is 3.69. The number of hydrogen-bond acceptors (Lipinski definition) is 6. The molecule has 0 N–H and O–H groups in total. The molecule has 28 heavy (non-hydrogen) atoms. The molecule has 0 aliphatic heterocycles. The Kier molecular flexibility index (Phi) is 6.82. The Morgan fingerprint density at radius 3 is 2.14 bits per heavy atom. The molecule has 0 aliphatic carbocycles. The quantitative estimate of drug-likeness (QED) is 0.500. The second-order valence-electron chi connectivity index (χ2n) is 6.07. The summed E-state index contributed by atoms with van der Waals surface area (Å²) in [6, 6.07) is 10.1. The van der Waals surface area contributed by atoms with Crippen molar-refractivity contribution >= 4 is 33.4 Å². The minimum absolute atomic E-state index is 0.0207. The summed E-state index contributed by atoms with van der Waals surface area (Å²) < 4.78 is 35.9. The molecule has 0 amide bonds. The summed E-state index contributed by atoms with van der Waals surface area (Å²) in [7, 11) is 0.376. The van der Waals surface area contributed by atoms with Gasteiger partial charge in [0.1, 0.15) is 10.6 Å². The van der Waals surface area contributed by atoms with Gasteiger partial charge < -0.3 is 9.47 Å². The highest BCUT2D eigenvalue weighted by molar-refractivity contribution is 7.89. The molecule has 0 spiro atoms. The van der Waals surface area contributed by atoms with E-state index in [9.17, 15) is 18.0 Å². The predicted molar refractivity (Wildman–Crippen MR) is 105 cm³/mol. The van der Waals surface area contributed by atoms with E-state index < -0.39 is 27.9 Å². The van der Waals surface area contributed by atoms with Crippen molar-refractivity contribution in [2.24, 2.45) is 0 Å². The molecule has 2 aromatic rings. The largest absolute Gasteiger partial charge is 0.497 e. The highest BCUT2D eigenvalue weighted by Gasteiger charge is 2.25. The van der Waals surface area contributed by atoms with Crippen molar-refractivity contribution in [3.8, 4) is 5.75 Å². The van der Waals surface area contributed by atoms with Gasteiger partial charge in [0.05, 0.1) is 17.7 Å². The zero-order chi connectivity index (χ0) is 21.1. The fourth-order valence-electron chi connectivity index (χ4n) is 2.30. The van der Waals surface area contributed by atoms with Gasteiger partial charge in [0.15, 0.2) is 6.10 Å². The number of rotatable bonds is 7. The molecule has 0 saturated heterocycles. The monoisotopic (exact) mass is 425 g/mol. The Hall–Kier alpha value is -2.42. The van der Waals surface area contributed by atoms with Gasteiger partial charge >= 0.3 is 5.97 Å². The number of esters is 1. The van der Waals surface area contributed by atoms with Crippen LogP contribution in [0.5, 0.6) is 5.75 Å². The van der Waals surface area contributed by atoms with Gasteiger partial charge in [-0.3, -0.25) is 4.79 Å². The molecule has 150 valence electrons. The Morgan fingerprint density at radius 1 is 1.04 bits per heavy atom. The number of sulfonamides is 1. The summed E-state index contributed by atoms with van der Waals surface area (Å²) >= 11 is 5.97. The SMILES string of the molecule is COc1ccc(C(=O)C(C)OC(=O)c2ccc(Cl)c(S(=O)(=O)N(C)C)c2)cc1. The maximum absolute atomic E-state index is 12.4. The lowest BCUT2D eigenvalue weighted by molar-refractivity contribution is 0.0318. The molecule has 2 rings (SSSR count). The van der Waals surface area contributed by atoms with Crippen LogP contribution >= 0.6 is 11.6 Å². The molecule has 0 aliphatic rings. The van der Waals surface area contributed by atoms with Crippen LogP contribution in [0.4, 0.5) is 0 Å². The average molecular weight is 426 g/mol. The summed E-state index contributed by atoms with van der Waals surface area (Å²) in [6.07, 6.45) is -1.06. The second kappa shape index (κ2) is 8.72. The molecule has 0 heterocycles. The van der Waals surface area contributed by atoms with E-state index in [2.05, 4.69) is 0 Å². The van der Waals surface area contributed by atoms with Gasteiger partial charge in [-0.05, 0) is 49.4 Å². The Labute approximate surface area is 168 Å². The maximum Gasteiger partial charge on any atom is 0.338 e. The van der Waals surface area contributed by atoms with Crippen LogP contribution in [0.25, 0.3) is 0 Å². The van der Waals surface area contributed by atoms with Crippen LogP contribution in [0.1, 0.15) is 27.6 Å². The number of Topliss-reactive ketones (excluding diaryl/α,β-unsaturated/α-hetero) is 1. The highest BCUT2D eigenvalue weighted by atomic mass is 35.5. The van der Waals surface area contributed by atoms with Crippen molar-refractivity contribution in [1.29, 1.82) is 0 Å². The molecule has 1 atom stereocenters. The lowest BCUT2D eigenvalue weighted by atomic mass is 10.1. The van der Waals surface area contributed by atoms with E-state index in [1.807, 2.05) is 0 Å². The number of hydrogen-bond donors (Lipinski definition) is 0. The molecular weight excluding hydrogens is 406 g/mol. The highest BCUT2D eigenvalue weighted by Crippen LogP contribution is 2.25. The van der Waals surface area contributed by atoms with Crippen LogP contribution in [0, 0.1) is 0 Å². The predicted octanol–water partition coefficient (Wildman–Crippen LogP) is 3.03. The van der Waals surface area contributed by atoms with Gasteiger partial charge in [-0.2, -0.15) is 0 Å². The van der Waals surface area contributed by atoms with E-state index in [1.165, 1.54) is 40.3 Å². The van der Waals surface area contributed by atoms with E-state index in [-0.39, 0.29) is 15.5 Å². The van der Waals surface area contributed by atoms with Crippen LogP contribution in [-0.4, -0.2) is 51.8 Å². The standard InChI is InChI=1S/C19H20ClNO6S/c1-12(18(22)13-5-8-15(26-4)9-6-13)27-19(23)14-7-10-16(20)17(11-14)28(24,25)21(2)3/h5-12H,1-4H3. The molecule has 7 nitrogen and oxygen atoms in total. The van der Waals surface area contributed by atoms with Crippen molar-refractivity contribution in [3.05, 3.63) is 58.6 Å². The van der Waals surface area contributed by atoms with E-state index in [1.54, 1.807) is 24.3 Å². The number of carbonyl (C=O) groups excluding carboxylic acids is 2. The van der Waals surface area contributed by atoms with Gasteiger partial charge in [-0.15, -0.1) is 0 Å². The average Bonchev–Trinajstić information content (AvgIpc) is 2.67. The molecule has 0 radical (unpaired) electrons. The van der Waals surface area contributed by atoms with Gasteiger partial charge in [0.25, 0.3) is 0 Å². The third-order valence-corrected chi connectivity index (χ3v) is 6.25. The van der Waals surface area contributed by atoms with E-state index in [0.717, 1.165) is 10.4 Å². The Bertz CT molecular complexity index is 986. The fraction of sp³-hybridized carbons (Fsp3) is 0.263. The van der Waals surface area contributed by atoms with Gasteiger partial charge in [0.2, 0.25) is 15.8 Å².